The highest BCUT2D eigenvalue weighted by atomic mass is 35.5. The first-order chi connectivity index (χ1) is 19.9. The van der Waals surface area contributed by atoms with Gasteiger partial charge in [-0.2, -0.15) is 0 Å². The van der Waals surface area contributed by atoms with Crippen LogP contribution in [0.3, 0.4) is 0 Å². The summed E-state index contributed by atoms with van der Waals surface area (Å²) in [5.74, 6) is 2.84. The van der Waals surface area contributed by atoms with Gasteiger partial charge in [-0.05, 0) is 35.4 Å². The summed E-state index contributed by atoms with van der Waals surface area (Å²) in [5.41, 5.74) is 7.87. The van der Waals surface area contributed by atoms with Gasteiger partial charge in [0.25, 0.3) is 0 Å². The molecule has 6 aromatic rings. The number of hydrogen-bond acceptors (Lipinski definition) is 4. The average molecular weight is 588 g/mol. The van der Waals surface area contributed by atoms with E-state index >= 15 is 0 Å². The number of aromatic nitrogens is 2. The number of ether oxygens (including phenoxy) is 4. The summed E-state index contributed by atoms with van der Waals surface area (Å²) in [6.07, 6.45) is 2.53. The predicted octanol–water partition coefficient (Wildman–Crippen LogP) is 8.92. The van der Waals surface area contributed by atoms with Crippen molar-refractivity contribution in [2.24, 2.45) is 0 Å². The van der Waals surface area contributed by atoms with E-state index < -0.39 is 0 Å². The molecule has 0 aliphatic rings. The van der Waals surface area contributed by atoms with Crippen molar-refractivity contribution in [2.75, 3.05) is 28.4 Å². The fourth-order valence-electron chi connectivity index (χ4n) is 5.54. The molecule has 0 aliphatic carbocycles. The Labute approximate surface area is 247 Å². The van der Waals surface area contributed by atoms with E-state index in [1.807, 2.05) is 72.9 Å². The molecule has 0 aliphatic heterocycles. The minimum absolute atomic E-state index is 0.530. The molecule has 6 rings (SSSR count). The molecule has 0 saturated heterocycles. The van der Waals surface area contributed by atoms with E-state index in [-0.39, 0.29) is 0 Å². The SMILES string of the molecule is COc1cc(OC)c2c(-c3ccc(Cl)cc3)c(Cc3c(OC)cc(OC)c4c(-c5ccc(Cl)cc5)c[nH]c34)[nH]c2c1. The van der Waals surface area contributed by atoms with E-state index in [1.165, 1.54) is 0 Å². The van der Waals surface area contributed by atoms with Crippen LogP contribution in [-0.4, -0.2) is 38.4 Å². The zero-order valence-electron chi connectivity index (χ0n) is 23.0. The summed E-state index contributed by atoms with van der Waals surface area (Å²) >= 11 is 12.4. The van der Waals surface area contributed by atoms with E-state index in [2.05, 4.69) is 9.97 Å². The monoisotopic (exact) mass is 586 g/mol. The molecular formula is C33H28Cl2N2O4. The van der Waals surface area contributed by atoms with Crippen LogP contribution in [-0.2, 0) is 6.42 Å². The minimum Gasteiger partial charge on any atom is -0.497 e. The van der Waals surface area contributed by atoms with E-state index in [4.69, 9.17) is 42.1 Å². The van der Waals surface area contributed by atoms with Crippen molar-refractivity contribution in [3.63, 3.8) is 0 Å². The van der Waals surface area contributed by atoms with Crippen LogP contribution in [0.1, 0.15) is 11.3 Å². The first kappa shape index (κ1) is 26.9. The Hall–Kier alpha value is -4.26. The average Bonchev–Trinajstić information content (AvgIpc) is 3.60. The van der Waals surface area contributed by atoms with Crippen molar-refractivity contribution in [3.05, 3.63) is 94.2 Å². The normalized spacial score (nSPS) is 11.3. The molecule has 0 bridgehead atoms. The van der Waals surface area contributed by atoms with Crippen molar-refractivity contribution >= 4 is 45.0 Å². The molecule has 0 fully saturated rings. The van der Waals surface area contributed by atoms with Crippen molar-refractivity contribution in [1.29, 1.82) is 0 Å². The standard InChI is InChI=1S/C33H28Cl2N2O4/c1-38-22-13-25-32(28(14-22)40-3)30(19-7-11-21(35)12-8-19)26(37-25)15-23-27(39-2)16-29(41-4)31-24(17-36-33(23)31)18-5-9-20(34)10-6-18/h5-14,16-17,36-37H,15H2,1-4H3. The number of hydrogen-bond donors (Lipinski definition) is 2. The second kappa shape index (κ2) is 11.0. The van der Waals surface area contributed by atoms with Gasteiger partial charge in [-0.1, -0.05) is 47.5 Å². The topological polar surface area (TPSA) is 68.5 Å². The predicted molar refractivity (Wildman–Crippen MR) is 167 cm³/mol. The van der Waals surface area contributed by atoms with E-state index in [0.29, 0.717) is 39.5 Å². The minimum atomic E-state index is 0.530. The summed E-state index contributed by atoms with van der Waals surface area (Å²) in [6.45, 7) is 0. The Morgan fingerprint density at radius 3 is 1.88 bits per heavy atom. The molecule has 208 valence electrons. The van der Waals surface area contributed by atoms with Gasteiger partial charge in [0.1, 0.15) is 23.0 Å². The van der Waals surface area contributed by atoms with Crippen molar-refractivity contribution in [2.45, 2.75) is 6.42 Å². The molecule has 6 nitrogen and oxygen atoms in total. The second-order valence-corrected chi connectivity index (χ2v) is 10.5. The summed E-state index contributed by atoms with van der Waals surface area (Å²) < 4.78 is 23.2. The van der Waals surface area contributed by atoms with Gasteiger partial charge in [0.05, 0.1) is 39.5 Å². The van der Waals surface area contributed by atoms with Gasteiger partial charge in [-0.25, -0.2) is 0 Å². The number of fused-ring (bicyclic) bond motifs is 2. The molecule has 41 heavy (non-hydrogen) atoms. The molecule has 2 aromatic heterocycles. The molecule has 0 amide bonds. The Bertz CT molecular complexity index is 1870. The molecule has 0 atom stereocenters. The first-order valence-corrected chi connectivity index (χ1v) is 13.7. The fraction of sp³-hybridized carbons (Fsp3) is 0.152. The highest BCUT2D eigenvalue weighted by molar-refractivity contribution is 6.31. The third-order valence-electron chi connectivity index (χ3n) is 7.44. The van der Waals surface area contributed by atoms with Crippen LogP contribution in [0.2, 0.25) is 10.0 Å². The van der Waals surface area contributed by atoms with Crippen LogP contribution in [0.25, 0.3) is 44.1 Å². The molecule has 4 aromatic carbocycles. The lowest BCUT2D eigenvalue weighted by atomic mass is 9.95. The Morgan fingerprint density at radius 2 is 1.27 bits per heavy atom. The number of aromatic amines is 2. The maximum Gasteiger partial charge on any atom is 0.132 e. The van der Waals surface area contributed by atoms with Crippen molar-refractivity contribution < 1.29 is 18.9 Å². The number of methoxy groups -OCH3 is 4. The van der Waals surface area contributed by atoms with Gasteiger partial charge in [0, 0.05) is 74.0 Å². The van der Waals surface area contributed by atoms with E-state index in [1.54, 1.807) is 28.4 Å². The molecule has 0 radical (unpaired) electrons. The lowest BCUT2D eigenvalue weighted by molar-refractivity contribution is 0.395. The summed E-state index contributed by atoms with van der Waals surface area (Å²) in [5, 5.41) is 3.28. The third-order valence-corrected chi connectivity index (χ3v) is 7.94. The number of H-pyrrole nitrogens is 2. The van der Waals surface area contributed by atoms with Crippen molar-refractivity contribution in [3.8, 4) is 45.3 Å². The second-order valence-electron chi connectivity index (χ2n) is 9.63. The smallest absolute Gasteiger partial charge is 0.132 e. The number of nitrogens with one attached hydrogen (secondary N) is 2. The van der Waals surface area contributed by atoms with Crippen LogP contribution >= 0.6 is 23.2 Å². The van der Waals surface area contributed by atoms with Crippen LogP contribution in [0.15, 0.2) is 72.9 Å². The number of rotatable bonds is 8. The maximum absolute atomic E-state index is 6.27. The fourth-order valence-corrected chi connectivity index (χ4v) is 5.79. The van der Waals surface area contributed by atoms with Gasteiger partial charge in [-0.15, -0.1) is 0 Å². The number of halogens is 2. The molecule has 2 N–H and O–H groups in total. The molecular weight excluding hydrogens is 559 g/mol. The van der Waals surface area contributed by atoms with Gasteiger partial charge in [0.15, 0.2) is 0 Å². The van der Waals surface area contributed by atoms with E-state index in [9.17, 15) is 0 Å². The van der Waals surface area contributed by atoms with Crippen LogP contribution in [0, 0.1) is 0 Å². The first-order valence-electron chi connectivity index (χ1n) is 13.0. The van der Waals surface area contributed by atoms with Gasteiger partial charge in [0.2, 0.25) is 0 Å². The molecule has 0 unspecified atom stereocenters. The zero-order chi connectivity index (χ0) is 28.7. The summed E-state index contributed by atoms with van der Waals surface area (Å²) in [7, 11) is 6.65. The Morgan fingerprint density at radius 1 is 0.659 bits per heavy atom. The Balaban J connectivity index is 1.61. The molecule has 0 spiro atoms. The summed E-state index contributed by atoms with van der Waals surface area (Å²) in [6, 6.07) is 21.4. The Kier molecular flexibility index (Phi) is 7.20. The van der Waals surface area contributed by atoms with Crippen molar-refractivity contribution in [1.82, 2.24) is 9.97 Å². The largest absolute Gasteiger partial charge is 0.497 e. The highest BCUT2D eigenvalue weighted by Crippen LogP contribution is 2.45. The quantitative estimate of drug-likeness (QED) is 0.187. The molecule has 0 saturated carbocycles. The lowest BCUT2D eigenvalue weighted by Gasteiger charge is -2.15. The van der Waals surface area contributed by atoms with E-state index in [0.717, 1.165) is 55.3 Å². The van der Waals surface area contributed by atoms with Crippen LogP contribution < -0.4 is 18.9 Å². The van der Waals surface area contributed by atoms with Crippen LogP contribution in [0.4, 0.5) is 0 Å². The number of benzene rings is 4. The summed E-state index contributed by atoms with van der Waals surface area (Å²) in [4.78, 5) is 7.17. The van der Waals surface area contributed by atoms with Crippen LogP contribution in [0.5, 0.6) is 23.0 Å². The molecule has 8 heteroatoms. The maximum atomic E-state index is 6.27. The van der Waals surface area contributed by atoms with Gasteiger partial charge in [-0.3, -0.25) is 0 Å². The third kappa shape index (κ3) is 4.73. The molecule has 2 heterocycles. The zero-order valence-corrected chi connectivity index (χ0v) is 24.5. The highest BCUT2D eigenvalue weighted by Gasteiger charge is 2.24. The van der Waals surface area contributed by atoms with Gasteiger partial charge >= 0.3 is 0 Å². The lowest BCUT2D eigenvalue weighted by Crippen LogP contribution is -1.99. The van der Waals surface area contributed by atoms with Gasteiger partial charge < -0.3 is 28.9 Å².